The maximum atomic E-state index is 12.9. The predicted octanol–water partition coefficient (Wildman–Crippen LogP) is 3.81. The van der Waals surface area contributed by atoms with Crippen molar-refractivity contribution in [2.45, 2.75) is 65.0 Å². The highest BCUT2D eigenvalue weighted by Gasteiger charge is 2.35. The number of aryl methyl sites for hydroxylation is 1. The Morgan fingerprint density at radius 1 is 1.32 bits per heavy atom. The van der Waals surface area contributed by atoms with Crippen molar-refractivity contribution < 1.29 is 9.59 Å². The molecule has 2 heterocycles. The Morgan fingerprint density at radius 2 is 2.05 bits per heavy atom. The zero-order chi connectivity index (χ0) is 15.9. The minimum absolute atomic E-state index is 0.0984. The first-order valence-corrected chi connectivity index (χ1v) is 9.06. The van der Waals surface area contributed by atoms with Crippen molar-refractivity contribution in [1.29, 1.82) is 0 Å². The summed E-state index contributed by atoms with van der Waals surface area (Å²) in [6, 6.07) is 2.59. The molecule has 1 N–H and O–H groups in total. The number of nitrogens with one attached hydrogen (secondary N) is 1. The fourth-order valence-corrected chi connectivity index (χ4v) is 4.30. The number of hydrogen-bond acceptors (Lipinski definition) is 3. The first-order chi connectivity index (χ1) is 10.5. The molecule has 2 amide bonds. The summed E-state index contributed by atoms with van der Waals surface area (Å²) in [5.41, 5.74) is 0.968. The van der Waals surface area contributed by atoms with Crippen LogP contribution in [0.3, 0.4) is 0 Å². The number of nitrogens with zero attached hydrogens (tertiary/aromatic N) is 1. The number of amides is 2. The standard InChI is InChI=1S/C17H24N2O2S/c1-4-13-8-5-11(3)19(13)17(21)15-10(2)9-14(22-15)18-16(20)12-6-7-12/h9,11-13H,4-8H2,1-3H3,(H,18,20)/t11-,13-/m0/s1. The molecule has 1 saturated carbocycles. The lowest BCUT2D eigenvalue weighted by Gasteiger charge is -2.27. The lowest BCUT2D eigenvalue weighted by atomic mass is 10.1. The van der Waals surface area contributed by atoms with Crippen LogP contribution in [-0.4, -0.2) is 28.8 Å². The van der Waals surface area contributed by atoms with Crippen LogP contribution in [0.1, 0.15) is 61.2 Å². The molecule has 0 radical (unpaired) electrons. The number of rotatable bonds is 4. The molecule has 0 unspecified atom stereocenters. The maximum Gasteiger partial charge on any atom is 0.264 e. The van der Waals surface area contributed by atoms with Crippen LogP contribution in [0.25, 0.3) is 0 Å². The van der Waals surface area contributed by atoms with Crippen molar-refractivity contribution in [3.05, 3.63) is 16.5 Å². The van der Waals surface area contributed by atoms with Crippen LogP contribution in [0.15, 0.2) is 6.07 Å². The minimum Gasteiger partial charge on any atom is -0.332 e. The molecular weight excluding hydrogens is 296 g/mol. The molecular formula is C17H24N2O2S. The van der Waals surface area contributed by atoms with E-state index in [4.69, 9.17) is 0 Å². The minimum atomic E-state index is 0.0984. The molecule has 1 aromatic heterocycles. The largest absolute Gasteiger partial charge is 0.332 e. The lowest BCUT2D eigenvalue weighted by Crippen LogP contribution is -2.39. The van der Waals surface area contributed by atoms with Crippen molar-refractivity contribution in [3.8, 4) is 0 Å². The highest BCUT2D eigenvalue weighted by Crippen LogP contribution is 2.35. The van der Waals surface area contributed by atoms with Gasteiger partial charge in [-0.25, -0.2) is 0 Å². The van der Waals surface area contributed by atoms with E-state index in [-0.39, 0.29) is 17.7 Å². The summed E-state index contributed by atoms with van der Waals surface area (Å²) in [6.07, 6.45) is 5.17. The smallest absolute Gasteiger partial charge is 0.264 e. The molecule has 5 heteroatoms. The summed E-state index contributed by atoms with van der Waals surface area (Å²) < 4.78 is 0. The molecule has 1 aliphatic heterocycles. The van der Waals surface area contributed by atoms with Crippen LogP contribution in [0, 0.1) is 12.8 Å². The van der Waals surface area contributed by atoms with Crippen molar-refractivity contribution >= 4 is 28.2 Å². The number of likely N-dealkylation sites (tertiary alicyclic amines) is 1. The number of carbonyl (C=O) groups is 2. The van der Waals surface area contributed by atoms with Crippen molar-refractivity contribution in [2.24, 2.45) is 5.92 Å². The quantitative estimate of drug-likeness (QED) is 0.917. The van der Waals surface area contributed by atoms with Gasteiger partial charge < -0.3 is 10.2 Å². The number of thiophene rings is 1. The Balaban J connectivity index is 1.77. The molecule has 2 fully saturated rings. The van der Waals surface area contributed by atoms with E-state index in [1.165, 1.54) is 11.3 Å². The van der Waals surface area contributed by atoms with Crippen molar-refractivity contribution in [3.63, 3.8) is 0 Å². The second-order valence-corrected chi connectivity index (χ2v) is 7.64. The van der Waals surface area contributed by atoms with Gasteiger partial charge in [0, 0.05) is 18.0 Å². The van der Waals surface area contributed by atoms with Crippen molar-refractivity contribution in [2.75, 3.05) is 5.32 Å². The molecule has 22 heavy (non-hydrogen) atoms. The average Bonchev–Trinajstić information content (AvgIpc) is 3.18. The average molecular weight is 320 g/mol. The van der Waals surface area contributed by atoms with Gasteiger partial charge in [-0.2, -0.15) is 0 Å². The normalized spacial score (nSPS) is 24.6. The number of carbonyl (C=O) groups excluding carboxylic acids is 2. The Kier molecular flexibility index (Phi) is 4.26. The summed E-state index contributed by atoms with van der Waals surface area (Å²) in [4.78, 5) is 27.6. The van der Waals surface area contributed by atoms with E-state index in [1.807, 2.05) is 17.9 Å². The van der Waals surface area contributed by atoms with Crippen LogP contribution in [-0.2, 0) is 4.79 Å². The van der Waals surface area contributed by atoms with Gasteiger partial charge in [0.15, 0.2) is 0 Å². The van der Waals surface area contributed by atoms with Crippen LogP contribution in [0.4, 0.5) is 5.00 Å². The van der Waals surface area contributed by atoms with Gasteiger partial charge in [0.05, 0.1) is 9.88 Å². The molecule has 0 spiro atoms. The Bertz CT molecular complexity index is 591. The molecule has 1 saturated heterocycles. The molecule has 1 aliphatic carbocycles. The van der Waals surface area contributed by atoms with Crippen molar-refractivity contribution in [1.82, 2.24) is 4.90 Å². The van der Waals surface area contributed by atoms with Gasteiger partial charge >= 0.3 is 0 Å². The number of anilines is 1. The van der Waals surface area contributed by atoms with Crippen LogP contribution in [0.2, 0.25) is 0 Å². The molecule has 4 nitrogen and oxygen atoms in total. The fourth-order valence-electron chi connectivity index (χ4n) is 3.28. The van der Waals surface area contributed by atoms with Gasteiger partial charge in [0.1, 0.15) is 0 Å². The van der Waals surface area contributed by atoms with Gasteiger partial charge in [-0.15, -0.1) is 11.3 Å². The van der Waals surface area contributed by atoms with E-state index in [0.717, 1.165) is 47.5 Å². The fraction of sp³-hybridized carbons (Fsp3) is 0.647. The summed E-state index contributed by atoms with van der Waals surface area (Å²) >= 11 is 1.42. The van der Waals surface area contributed by atoms with E-state index in [1.54, 1.807) is 0 Å². The first kappa shape index (κ1) is 15.5. The third-order valence-corrected chi connectivity index (χ3v) is 5.94. The lowest BCUT2D eigenvalue weighted by molar-refractivity contribution is -0.117. The van der Waals surface area contributed by atoms with E-state index in [0.29, 0.717) is 12.1 Å². The van der Waals surface area contributed by atoms with E-state index < -0.39 is 0 Å². The van der Waals surface area contributed by atoms with Gasteiger partial charge in [-0.3, -0.25) is 9.59 Å². The zero-order valence-corrected chi connectivity index (χ0v) is 14.3. The molecule has 2 aliphatic rings. The second-order valence-electron chi connectivity index (χ2n) is 6.59. The summed E-state index contributed by atoms with van der Waals surface area (Å²) in [5.74, 6) is 0.414. The third kappa shape index (κ3) is 2.91. The predicted molar refractivity (Wildman–Crippen MR) is 89.4 cm³/mol. The molecule has 0 aromatic carbocycles. The highest BCUT2D eigenvalue weighted by atomic mass is 32.1. The molecule has 1 aromatic rings. The zero-order valence-electron chi connectivity index (χ0n) is 13.5. The summed E-state index contributed by atoms with van der Waals surface area (Å²) in [5, 5.41) is 3.76. The molecule has 2 atom stereocenters. The highest BCUT2D eigenvalue weighted by molar-refractivity contribution is 7.18. The maximum absolute atomic E-state index is 12.9. The Hall–Kier alpha value is -1.36. The van der Waals surface area contributed by atoms with Gasteiger partial charge in [0.2, 0.25) is 5.91 Å². The van der Waals surface area contributed by atoms with Gasteiger partial charge in [0.25, 0.3) is 5.91 Å². The van der Waals surface area contributed by atoms with Crippen LogP contribution < -0.4 is 5.32 Å². The topological polar surface area (TPSA) is 49.4 Å². The Morgan fingerprint density at radius 3 is 2.68 bits per heavy atom. The summed E-state index contributed by atoms with van der Waals surface area (Å²) in [7, 11) is 0. The Labute approximate surface area is 135 Å². The van der Waals surface area contributed by atoms with E-state index in [9.17, 15) is 9.59 Å². The van der Waals surface area contributed by atoms with E-state index in [2.05, 4.69) is 19.2 Å². The SMILES string of the molecule is CC[C@H]1CC[C@H](C)N1C(=O)c1sc(NC(=O)C2CC2)cc1C. The van der Waals surface area contributed by atoms with Crippen LogP contribution >= 0.6 is 11.3 Å². The summed E-state index contributed by atoms with van der Waals surface area (Å²) in [6.45, 7) is 6.23. The van der Waals surface area contributed by atoms with Gasteiger partial charge in [-0.05, 0) is 57.6 Å². The first-order valence-electron chi connectivity index (χ1n) is 8.25. The molecule has 120 valence electrons. The van der Waals surface area contributed by atoms with Crippen LogP contribution in [0.5, 0.6) is 0 Å². The van der Waals surface area contributed by atoms with E-state index >= 15 is 0 Å². The monoisotopic (exact) mass is 320 g/mol. The second kappa shape index (κ2) is 6.03. The number of hydrogen-bond donors (Lipinski definition) is 1. The third-order valence-electron chi connectivity index (χ3n) is 4.80. The van der Waals surface area contributed by atoms with Gasteiger partial charge in [-0.1, -0.05) is 6.92 Å². The molecule has 3 rings (SSSR count). The molecule has 0 bridgehead atoms.